The van der Waals surface area contributed by atoms with Gasteiger partial charge in [-0.05, 0) is 0 Å². The highest BCUT2D eigenvalue weighted by atomic mass is 35.5. The lowest BCUT2D eigenvalue weighted by molar-refractivity contribution is -0.136. The first-order valence-corrected chi connectivity index (χ1v) is 5.10. The van der Waals surface area contributed by atoms with Gasteiger partial charge in [-0.3, -0.25) is 9.78 Å². The maximum atomic E-state index is 12.7. The molecule has 0 aromatic carbocycles. The first kappa shape index (κ1) is 13.1. The SMILES string of the molecule is O=C(O)Cc1ncc(CCl)c(Cl)c1C(F)F. The van der Waals surface area contributed by atoms with Crippen molar-refractivity contribution in [3.05, 3.63) is 28.0 Å². The zero-order chi connectivity index (χ0) is 12.3. The molecule has 0 saturated heterocycles. The van der Waals surface area contributed by atoms with Crippen LogP contribution in [0.1, 0.15) is 23.2 Å². The fourth-order valence-electron chi connectivity index (χ4n) is 1.18. The van der Waals surface area contributed by atoms with E-state index in [4.69, 9.17) is 28.3 Å². The molecule has 0 spiro atoms. The highest BCUT2D eigenvalue weighted by Gasteiger charge is 2.22. The Morgan fingerprint density at radius 2 is 2.19 bits per heavy atom. The lowest BCUT2D eigenvalue weighted by atomic mass is 10.1. The number of hydrogen-bond acceptors (Lipinski definition) is 2. The highest BCUT2D eigenvalue weighted by Crippen LogP contribution is 2.32. The standard InChI is InChI=1S/C9H7Cl2F2NO2/c10-2-4-3-14-5(1-6(15)16)7(8(4)11)9(12)13/h3,9H,1-2H2,(H,15,16). The molecule has 3 nitrogen and oxygen atoms in total. The minimum atomic E-state index is -2.88. The lowest BCUT2D eigenvalue weighted by Crippen LogP contribution is -2.08. The zero-order valence-corrected chi connectivity index (χ0v) is 9.40. The number of carboxylic acid groups (broad SMARTS) is 1. The van der Waals surface area contributed by atoms with E-state index in [2.05, 4.69) is 4.98 Å². The summed E-state index contributed by atoms with van der Waals surface area (Å²) >= 11 is 11.2. The van der Waals surface area contributed by atoms with Crippen LogP contribution in [0.25, 0.3) is 0 Å². The molecule has 1 rings (SSSR count). The minimum absolute atomic E-state index is 0.0566. The summed E-state index contributed by atoms with van der Waals surface area (Å²) in [5.74, 6) is -1.30. The van der Waals surface area contributed by atoms with E-state index in [1.165, 1.54) is 6.20 Å². The molecule has 0 aliphatic carbocycles. The molecule has 7 heteroatoms. The van der Waals surface area contributed by atoms with Gasteiger partial charge in [0, 0.05) is 11.8 Å². The van der Waals surface area contributed by atoms with Crippen LogP contribution in [0.4, 0.5) is 8.78 Å². The van der Waals surface area contributed by atoms with Crippen LogP contribution in [0.3, 0.4) is 0 Å². The van der Waals surface area contributed by atoms with Gasteiger partial charge in [-0.1, -0.05) is 11.6 Å². The van der Waals surface area contributed by atoms with E-state index in [-0.39, 0.29) is 22.2 Å². The predicted molar refractivity (Wildman–Crippen MR) is 55.1 cm³/mol. The molecule has 0 bridgehead atoms. The van der Waals surface area contributed by atoms with Crippen molar-refractivity contribution in [1.29, 1.82) is 0 Å². The van der Waals surface area contributed by atoms with E-state index in [1.54, 1.807) is 0 Å². The Balaban J connectivity index is 3.28. The number of rotatable bonds is 4. The average Bonchev–Trinajstić information content (AvgIpc) is 2.16. The molecule has 88 valence electrons. The molecule has 1 N–H and O–H groups in total. The Bertz CT molecular complexity index is 413. The third kappa shape index (κ3) is 2.80. The van der Waals surface area contributed by atoms with E-state index in [0.29, 0.717) is 0 Å². The highest BCUT2D eigenvalue weighted by molar-refractivity contribution is 6.33. The largest absolute Gasteiger partial charge is 0.481 e. The molecule has 0 atom stereocenters. The molecule has 1 aromatic rings. The number of carbonyl (C=O) groups is 1. The van der Waals surface area contributed by atoms with Crippen LogP contribution in [0.15, 0.2) is 6.20 Å². The van der Waals surface area contributed by atoms with Crippen LogP contribution in [0.2, 0.25) is 5.02 Å². The number of aliphatic carboxylic acids is 1. The van der Waals surface area contributed by atoms with E-state index in [9.17, 15) is 13.6 Å². The van der Waals surface area contributed by atoms with Gasteiger partial charge in [0.2, 0.25) is 0 Å². The zero-order valence-electron chi connectivity index (χ0n) is 7.88. The molecular formula is C9H7Cl2F2NO2. The smallest absolute Gasteiger partial charge is 0.309 e. The fourth-order valence-corrected chi connectivity index (χ4v) is 1.76. The van der Waals surface area contributed by atoms with Gasteiger partial charge in [-0.15, -0.1) is 11.6 Å². The summed E-state index contributed by atoms with van der Waals surface area (Å²) in [6.07, 6.45) is -2.26. The number of nitrogens with zero attached hydrogens (tertiary/aromatic N) is 1. The molecule has 0 radical (unpaired) electrons. The van der Waals surface area contributed by atoms with Crippen LogP contribution in [0.5, 0.6) is 0 Å². The second-order valence-corrected chi connectivity index (χ2v) is 3.61. The summed E-state index contributed by atoms with van der Waals surface area (Å²) in [6, 6.07) is 0. The quantitative estimate of drug-likeness (QED) is 0.855. The van der Waals surface area contributed by atoms with Crippen molar-refractivity contribution in [1.82, 2.24) is 4.98 Å². The summed E-state index contributed by atoms with van der Waals surface area (Å²) in [4.78, 5) is 14.1. The number of aromatic nitrogens is 1. The van der Waals surface area contributed by atoms with Gasteiger partial charge in [0.1, 0.15) is 0 Å². The van der Waals surface area contributed by atoms with E-state index in [1.807, 2.05) is 0 Å². The van der Waals surface area contributed by atoms with Gasteiger partial charge in [0.15, 0.2) is 0 Å². The molecule has 0 fully saturated rings. The number of hydrogen-bond donors (Lipinski definition) is 1. The van der Waals surface area contributed by atoms with Crippen molar-refractivity contribution in [2.75, 3.05) is 0 Å². The van der Waals surface area contributed by atoms with Crippen molar-refractivity contribution >= 4 is 29.2 Å². The van der Waals surface area contributed by atoms with E-state index in [0.717, 1.165) is 0 Å². The first-order chi connectivity index (χ1) is 7.47. The Hall–Kier alpha value is -0.940. The molecule has 0 saturated carbocycles. The van der Waals surface area contributed by atoms with Gasteiger partial charge in [0.25, 0.3) is 6.43 Å². The summed E-state index contributed by atoms with van der Waals surface area (Å²) in [5.41, 5.74) is -0.531. The van der Waals surface area contributed by atoms with Gasteiger partial charge < -0.3 is 5.11 Å². The lowest BCUT2D eigenvalue weighted by Gasteiger charge is -2.10. The maximum Gasteiger partial charge on any atom is 0.309 e. The summed E-state index contributed by atoms with van der Waals surface area (Å²) < 4.78 is 25.4. The predicted octanol–water partition coefficient (Wildman–Crippen LogP) is 3.04. The molecular weight excluding hydrogens is 263 g/mol. The molecule has 0 aliphatic rings. The molecule has 1 aromatic heterocycles. The van der Waals surface area contributed by atoms with Gasteiger partial charge >= 0.3 is 5.97 Å². The second kappa shape index (κ2) is 5.41. The number of halogens is 4. The van der Waals surface area contributed by atoms with E-state index < -0.39 is 24.4 Å². The van der Waals surface area contributed by atoms with Crippen LogP contribution in [-0.4, -0.2) is 16.1 Å². The molecule has 0 amide bonds. The van der Waals surface area contributed by atoms with E-state index >= 15 is 0 Å². The minimum Gasteiger partial charge on any atom is -0.481 e. The third-order valence-electron chi connectivity index (χ3n) is 1.89. The van der Waals surface area contributed by atoms with Crippen molar-refractivity contribution < 1.29 is 18.7 Å². The molecule has 1 heterocycles. The van der Waals surface area contributed by atoms with Crippen molar-refractivity contribution in [3.63, 3.8) is 0 Å². The third-order valence-corrected chi connectivity index (χ3v) is 2.62. The Kier molecular flexibility index (Phi) is 4.44. The van der Waals surface area contributed by atoms with Gasteiger partial charge in [0.05, 0.1) is 28.6 Å². The van der Waals surface area contributed by atoms with Crippen LogP contribution >= 0.6 is 23.2 Å². The molecule has 0 aliphatic heterocycles. The number of alkyl halides is 3. The summed E-state index contributed by atoms with van der Waals surface area (Å²) in [5, 5.41) is 8.32. The Morgan fingerprint density at radius 1 is 1.56 bits per heavy atom. The fraction of sp³-hybridized carbons (Fsp3) is 0.333. The topological polar surface area (TPSA) is 50.2 Å². The van der Waals surface area contributed by atoms with Crippen LogP contribution < -0.4 is 0 Å². The maximum absolute atomic E-state index is 12.7. The van der Waals surface area contributed by atoms with Gasteiger partial charge in [-0.2, -0.15) is 0 Å². The monoisotopic (exact) mass is 269 g/mol. The van der Waals surface area contributed by atoms with Crippen LogP contribution in [0, 0.1) is 0 Å². The number of pyridine rings is 1. The van der Waals surface area contributed by atoms with Crippen molar-refractivity contribution in [2.24, 2.45) is 0 Å². The van der Waals surface area contributed by atoms with Crippen molar-refractivity contribution in [2.45, 2.75) is 18.7 Å². The Morgan fingerprint density at radius 3 is 2.62 bits per heavy atom. The summed E-state index contributed by atoms with van der Waals surface area (Å²) in [6.45, 7) is 0. The average molecular weight is 270 g/mol. The Labute approximate surface area is 100 Å². The first-order valence-electron chi connectivity index (χ1n) is 4.19. The molecule has 16 heavy (non-hydrogen) atoms. The van der Waals surface area contributed by atoms with Crippen molar-refractivity contribution in [3.8, 4) is 0 Å². The normalized spacial score (nSPS) is 10.8. The van der Waals surface area contributed by atoms with Gasteiger partial charge in [-0.25, -0.2) is 8.78 Å². The molecule has 0 unspecified atom stereocenters. The second-order valence-electron chi connectivity index (χ2n) is 2.96. The van der Waals surface area contributed by atoms with Crippen LogP contribution in [-0.2, 0) is 17.1 Å². The number of carboxylic acids is 1. The summed E-state index contributed by atoms with van der Waals surface area (Å²) in [7, 11) is 0.